The lowest BCUT2D eigenvalue weighted by Gasteiger charge is -2.51. The first kappa shape index (κ1) is 20.5. The molecule has 158 valence electrons. The predicted octanol–water partition coefficient (Wildman–Crippen LogP) is 1.41. The van der Waals surface area contributed by atoms with E-state index >= 15 is 0 Å². The number of rotatable bonds is 6. The van der Waals surface area contributed by atoms with E-state index in [4.69, 9.17) is 0 Å². The number of aliphatic carboxylic acids is 1. The van der Waals surface area contributed by atoms with E-state index in [1.165, 1.54) is 19.1 Å². The minimum absolute atomic E-state index is 0.204. The fraction of sp³-hybridized carbons (Fsp3) is 0.217. The third kappa shape index (κ3) is 3.30. The monoisotopic (exact) mass is 420 g/mol. The molecule has 0 spiro atoms. The van der Waals surface area contributed by atoms with Gasteiger partial charge in [-0.25, -0.2) is 4.79 Å². The number of β-lactam (4-membered cyclic amide) rings is 1. The van der Waals surface area contributed by atoms with Crippen LogP contribution in [0.25, 0.3) is 6.08 Å². The van der Waals surface area contributed by atoms with E-state index in [9.17, 15) is 29.4 Å². The summed E-state index contributed by atoms with van der Waals surface area (Å²) in [7, 11) is 0. The molecule has 8 nitrogen and oxygen atoms in total. The summed E-state index contributed by atoms with van der Waals surface area (Å²) in [5.74, 6) is -3.27. The number of carboxylic acids is 1. The van der Waals surface area contributed by atoms with Crippen molar-refractivity contribution in [2.24, 2.45) is 0 Å². The fourth-order valence-electron chi connectivity index (χ4n) is 4.09. The summed E-state index contributed by atoms with van der Waals surface area (Å²) in [6, 6.07) is 11.8. The number of imide groups is 1. The number of aliphatic hydroxyl groups is 1. The van der Waals surface area contributed by atoms with Gasteiger partial charge in [-0.3, -0.25) is 19.3 Å². The second-order valence-electron chi connectivity index (χ2n) is 7.50. The molecule has 8 heteroatoms. The number of aliphatic hydroxyl groups excluding tert-OH is 1. The number of likely N-dealkylation sites (tertiary alicyclic amines) is 1. The Morgan fingerprint density at radius 1 is 0.968 bits per heavy atom. The number of hydrogen-bond acceptors (Lipinski definition) is 5. The number of carbonyl (C=O) groups excluding carboxylic acids is 3. The van der Waals surface area contributed by atoms with Gasteiger partial charge < -0.3 is 15.1 Å². The summed E-state index contributed by atoms with van der Waals surface area (Å²) in [5.41, 5.74) is 1.21. The van der Waals surface area contributed by atoms with Crippen molar-refractivity contribution in [3.63, 3.8) is 0 Å². The lowest BCUT2D eigenvalue weighted by Crippen LogP contribution is -2.75. The number of carbonyl (C=O) groups is 4. The smallest absolute Gasteiger partial charge is 0.329 e. The standard InChI is InChI=1S/C23H20N2O6/c1-13(26)18(23(30)31)24-17(12-11-14-7-3-2-4-8-14)19(22(24)29)25-20(27)15-9-5-6-10-16(15)21(25)28/h2-13,17-19,26H,1H3,(H,30,31)/b12-11+/t13-,17-,18+,19+/m0/s1. The molecule has 2 aliphatic heterocycles. The van der Waals surface area contributed by atoms with Crippen LogP contribution >= 0.6 is 0 Å². The van der Waals surface area contributed by atoms with Crippen LogP contribution in [0.4, 0.5) is 0 Å². The largest absolute Gasteiger partial charge is 0.480 e. The van der Waals surface area contributed by atoms with E-state index in [2.05, 4.69) is 0 Å². The highest BCUT2D eigenvalue weighted by atomic mass is 16.4. The van der Waals surface area contributed by atoms with E-state index in [1.807, 2.05) is 30.3 Å². The van der Waals surface area contributed by atoms with Crippen LogP contribution in [-0.4, -0.2) is 67.9 Å². The van der Waals surface area contributed by atoms with E-state index in [-0.39, 0.29) is 11.1 Å². The Bertz CT molecular complexity index is 1060. The van der Waals surface area contributed by atoms with Crippen molar-refractivity contribution >= 4 is 29.8 Å². The molecular weight excluding hydrogens is 400 g/mol. The van der Waals surface area contributed by atoms with Crippen molar-refractivity contribution in [2.45, 2.75) is 31.2 Å². The Kier molecular flexibility index (Phi) is 5.16. The average Bonchev–Trinajstić information content (AvgIpc) is 3.00. The molecule has 4 atom stereocenters. The molecule has 0 aromatic heterocycles. The molecule has 31 heavy (non-hydrogen) atoms. The van der Waals surface area contributed by atoms with Gasteiger partial charge in [-0.05, 0) is 24.6 Å². The second-order valence-corrected chi connectivity index (χ2v) is 7.50. The van der Waals surface area contributed by atoms with Crippen LogP contribution in [-0.2, 0) is 9.59 Å². The topological polar surface area (TPSA) is 115 Å². The average molecular weight is 420 g/mol. The van der Waals surface area contributed by atoms with Crippen LogP contribution in [0.2, 0.25) is 0 Å². The van der Waals surface area contributed by atoms with Gasteiger partial charge in [-0.1, -0.05) is 54.6 Å². The zero-order valence-electron chi connectivity index (χ0n) is 16.6. The predicted molar refractivity (Wildman–Crippen MR) is 110 cm³/mol. The van der Waals surface area contributed by atoms with Gasteiger partial charge in [-0.15, -0.1) is 0 Å². The number of benzene rings is 2. The molecule has 0 aliphatic carbocycles. The SMILES string of the molecule is C[C@H](O)[C@H](C(=O)O)N1C(=O)[C@H](N2C(=O)c3ccccc3C2=O)[C@@H]1/C=C/c1ccccc1. The quantitative estimate of drug-likeness (QED) is 0.539. The van der Waals surface area contributed by atoms with Gasteiger partial charge in [-0.2, -0.15) is 0 Å². The van der Waals surface area contributed by atoms with E-state index in [0.29, 0.717) is 0 Å². The highest BCUT2D eigenvalue weighted by Crippen LogP contribution is 2.35. The van der Waals surface area contributed by atoms with Crippen LogP contribution in [0.15, 0.2) is 60.7 Å². The Hall–Kier alpha value is -3.78. The van der Waals surface area contributed by atoms with Crippen LogP contribution in [0.5, 0.6) is 0 Å². The fourth-order valence-corrected chi connectivity index (χ4v) is 4.09. The number of carboxylic acid groups (broad SMARTS) is 1. The van der Waals surface area contributed by atoms with Crippen molar-refractivity contribution in [1.29, 1.82) is 0 Å². The summed E-state index contributed by atoms with van der Waals surface area (Å²) in [6.45, 7) is 1.28. The number of fused-ring (bicyclic) bond motifs is 1. The molecule has 1 fully saturated rings. The summed E-state index contributed by atoms with van der Waals surface area (Å²) >= 11 is 0. The normalized spacial score (nSPS) is 22.5. The second kappa shape index (κ2) is 7.81. The molecule has 4 rings (SSSR count). The first-order chi connectivity index (χ1) is 14.8. The zero-order chi connectivity index (χ0) is 22.3. The molecule has 3 amide bonds. The lowest BCUT2D eigenvalue weighted by molar-refractivity contribution is -0.171. The highest BCUT2D eigenvalue weighted by Gasteiger charge is 2.58. The van der Waals surface area contributed by atoms with Gasteiger partial charge >= 0.3 is 5.97 Å². The Labute approximate surface area is 178 Å². The summed E-state index contributed by atoms with van der Waals surface area (Å²) < 4.78 is 0. The van der Waals surface area contributed by atoms with E-state index in [0.717, 1.165) is 15.4 Å². The highest BCUT2D eigenvalue weighted by molar-refractivity contribution is 6.23. The van der Waals surface area contributed by atoms with Crippen LogP contribution in [0.1, 0.15) is 33.2 Å². The van der Waals surface area contributed by atoms with E-state index < -0.39 is 47.9 Å². The van der Waals surface area contributed by atoms with Gasteiger partial charge in [0.1, 0.15) is 6.04 Å². The maximum absolute atomic E-state index is 13.0. The zero-order valence-corrected chi connectivity index (χ0v) is 16.6. The van der Waals surface area contributed by atoms with Crippen molar-refractivity contribution in [2.75, 3.05) is 0 Å². The molecular formula is C23H20N2O6. The summed E-state index contributed by atoms with van der Waals surface area (Å²) in [4.78, 5) is 52.5. The lowest BCUT2D eigenvalue weighted by atomic mass is 9.88. The van der Waals surface area contributed by atoms with Gasteiger partial charge in [0, 0.05) is 0 Å². The molecule has 2 aromatic carbocycles. The molecule has 2 aliphatic rings. The maximum atomic E-state index is 13.0. The van der Waals surface area contributed by atoms with E-state index in [1.54, 1.807) is 24.3 Å². The Morgan fingerprint density at radius 2 is 1.52 bits per heavy atom. The molecule has 2 heterocycles. The maximum Gasteiger partial charge on any atom is 0.329 e. The van der Waals surface area contributed by atoms with Crippen molar-refractivity contribution in [3.05, 3.63) is 77.4 Å². The van der Waals surface area contributed by atoms with Crippen molar-refractivity contribution in [3.8, 4) is 0 Å². The number of hydrogen-bond donors (Lipinski definition) is 2. The molecule has 0 unspecified atom stereocenters. The first-order valence-electron chi connectivity index (χ1n) is 9.76. The third-order valence-corrected chi connectivity index (χ3v) is 5.55. The van der Waals surface area contributed by atoms with Crippen LogP contribution in [0.3, 0.4) is 0 Å². The first-order valence-corrected chi connectivity index (χ1v) is 9.76. The Balaban J connectivity index is 1.72. The molecule has 2 N–H and O–H groups in total. The van der Waals surface area contributed by atoms with Crippen molar-refractivity contribution in [1.82, 2.24) is 9.80 Å². The number of nitrogens with zero attached hydrogens (tertiary/aromatic N) is 2. The van der Waals surface area contributed by atoms with Gasteiger partial charge in [0.2, 0.25) is 5.91 Å². The molecule has 0 bridgehead atoms. The summed E-state index contributed by atoms with van der Waals surface area (Å²) in [5, 5.41) is 19.6. The third-order valence-electron chi connectivity index (χ3n) is 5.55. The molecule has 0 radical (unpaired) electrons. The minimum atomic E-state index is -1.51. The molecule has 0 saturated carbocycles. The van der Waals surface area contributed by atoms with Gasteiger partial charge in [0.25, 0.3) is 11.8 Å². The molecule has 2 aromatic rings. The van der Waals surface area contributed by atoms with Crippen LogP contribution < -0.4 is 0 Å². The summed E-state index contributed by atoms with van der Waals surface area (Å²) in [6.07, 6.45) is 1.93. The van der Waals surface area contributed by atoms with Gasteiger partial charge in [0.05, 0.1) is 23.3 Å². The van der Waals surface area contributed by atoms with Crippen LogP contribution in [0, 0.1) is 0 Å². The number of amides is 3. The molecule has 1 saturated heterocycles. The van der Waals surface area contributed by atoms with Crippen molar-refractivity contribution < 1.29 is 29.4 Å². The van der Waals surface area contributed by atoms with Gasteiger partial charge in [0.15, 0.2) is 6.04 Å². The minimum Gasteiger partial charge on any atom is -0.480 e. The Morgan fingerprint density at radius 3 is 2.03 bits per heavy atom.